The minimum absolute atomic E-state index is 0.483. The van der Waals surface area contributed by atoms with Crippen LogP contribution in [0.3, 0.4) is 0 Å². The quantitative estimate of drug-likeness (QED) is 0.548. The molecule has 0 fully saturated rings. The van der Waals surface area contributed by atoms with Crippen molar-refractivity contribution in [3.8, 4) is 11.5 Å². The number of rotatable bonds is 8. The molecule has 0 radical (unpaired) electrons. The van der Waals surface area contributed by atoms with Gasteiger partial charge in [0.25, 0.3) is 0 Å². The summed E-state index contributed by atoms with van der Waals surface area (Å²) in [7, 11) is 3.25. The van der Waals surface area contributed by atoms with Gasteiger partial charge in [0.2, 0.25) is 0 Å². The first-order valence-electron chi connectivity index (χ1n) is 8.99. The number of anilines is 4. The smallest absolute Gasteiger partial charge is 0.160 e. The lowest BCUT2D eigenvalue weighted by atomic mass is 10.1. The number of nitrogen functional groups attached to an aromatic ring is 1. The van der Waals surface area contributed by atoms with Gasteiger partial charge in [-0.1, -0.05) is 18.2 Å². The third-order valence-corrected chi connectivity index (χ3v) is 4.32. The van der Waals surface area contributed by atoms with Crippen molar-refractivity contribution in [1.29, 1.82) is 0 Å². The van der Waals surface area contributed by atoms with Crippen molar-refractivity contribution in [1.82, 2.24) is 9.97 Å². The Morgan fingerprint density at radius 1 is 0.964 bits per heavy atom. The molecule has 0 spiro atoms. The Balaban J connectivity index is 1.65. The van der Waals surface area contributed by atoms with E-state index in [-0.39, 0.29) is 0 Å². The van der Waals surface area contributed by atoms with E-state index in [0.717, 1.165) is 23.2 Å². The van der Waals surface area contributed by atoms with E-state index in [9.17, 15) is 0 Å². The number of nitrogens with zero attached hydrogens (tertiary/aromatic N) is 2. The highest BCUT2D eigenvalue weighted by molar-refractivity contribution is 5.77. The molecule has 0 aliphatic rings. The number of nitrogens with two attached hydrogens (primary N) is 1. The first kappa shape index (κ1) is 19.3. The lowest BCUT2D eigenvalue weighted by Crippen LogP contribution is -2.11. The second kappa shape index (κ2) is 8.94. The average molecular weight is 379 g/mol. The van der Waals surface area contributed by atoms with Crippen molar-refractivity contribution in [2.45, 2.75) is 13.3 Å². The highest BCUT2D eigenvalue weighted by Gasteiger charge is 2.09. The summed E-state index contributed by atoms with van der Waals surface area (Å²) in [5, 5.41) is 6.52. The molecule has 0 saturated carbocycles. The van der Waals surface area contributed by atoms with Crippen molar-refractivity contribution in [2.75, 3.05) is 37.1 Å². The van der Waals surface area contributed by atoms with E-state index in [1.165, 1.54) is 6.33 Å². The van der Waals surface area contributed by atoms with Crippen LogP contribution in [-0.2, 0) is 6.42 Å². The highest BCUT2D eigenvalue weighted by Crippen LogP contribution is 2.28. The number of hydrogen-bond donors (Lipinski definition) is 3. The SMILES string of the molecule is COc1ccc(CCNc2ncnc(Nc3cccc(C)c3)c2N)cc1OC. The number of nitrogens with one attached hydrogen (secondary N) is 2. The zero-order valence-corrected chi connectivity index (χ0v) is 16.3. The van der Waals surface area contributed by atoms with Gasteiger partial charge >= 0.3 is 0 Å². The molecule has 2 aromatic carbocycles. The van der Waals surface area contributed by atoms with Gasteiger partial charge in [0, 0.05) is 12.2 Å². The van der Waals surface area contributed by atoms with Gasteiger partial charge in [-0.25, -0.2) is 9.97 Å². The molecule has 0 aliphatic carbocycles. The number of benzene rings is 2. The summed E-state index contributed by atoms with van der Waals surface area (Å²) >= 11 is 0. The van der Waals surface area contributed by atoms with Crippen LogP contribution in [0.4, 0.5) is 23.0 Å². The summed E-state index contributed by atoms with van der Waals surface area (Å²) in [5.41, 5.74) is 9.94. The molecule has 0 bridgehead atoms. The maximum absolute atomic E-state index is 6.25. The van der Waals surface area contributed by atoms with E-state index < -0.39 is 0 Å². The van der Waals surface area contributed by atoms with E-state index in [2.05, 4.69) is 20.6 Å². The maximum Gasteiger partial charge on any atom is 0.160 e. The van der Waals surface area contributed by atoms with Gasteiger partial charge in [-0.3, -0.25) is 0 Å². The topological polar surface area (TPSA) is 94.3 Å². The van der Waals surface area contributed by atoms with Gasteiger partial charge < -0.3 is 25.8 Å². The molecule has 4 N–H and O–H groups in total. The first-order chi connectivity index (χ1) is 13.6. The normalized spacial score (nSPS) is 10.4. The second-order valence-electron chi connectivity index (χ2n) is 6.35. The predicted octanol–water partition coefficient (Wildman–Crippen LogP) is 3.78. The molecule has 0 amide bonds. The van der Waals surface area contributed by atoms with Gasteiger partial charge in [0.05, 0.1) is 14.2 Å². The van der Waals surface area contributed by atoms with E-state index in [0.29, 0.717) is 35.4 Å². The fourth-order valence-electron chi connectivity index (χ4n) is 2.86. The molecule has 7 heteroatoms. The minimum atomic E-state index is 0.483. The summed E-state index contributed by atoms with van der Waals surface area (Å²) in [4.78, 5) is 8.51. The Kier molecular flexibility index (Phi) is 6.16. The molecule has 146 valence electrons. The molecule has 1 heterocycles. The fraction of sp³-hybridized carbons (Fsp3) is 0.238. The summed E-state index contributed by atoms with van der Waals surface area (Å²) < 4.78 is 10.6. The average Bonchev–Trinajstić information content (AvgIpc) is 2.70. The number of ether oxygens (including phenoxy) is 2. The third kappa shape index (κ3) is 4.62. The van der Waals surface area contributed by atoms with Crippen LogP contribution >= 0.6 is 0 Å². The Labute approximate surface area is 164 Å². The van der Waals surface area contributed by atoms with Gasteiger partial charge in [0.1, 0.15) is 12.0 Å². The zero-order valence-electron chi connectivity index (χ0n) is 16.3. The number of aryl methyl sites for hydroxylation is 1. The largest absolute Gasteiger partial charge is 0.493 e. The lowest BCUT2D eigenvalue weighted by molar-refractivity contribution is 0.354. The van der Waals surface area contributed by atoms with Gasteiger partial charge in [-0.15, -0.1) is 0 Å². The van der Waals surface area contributed by atoms with Gasteiger partial charge in [0.15, 0.2) is 23.1 Å². The van der Waals surface area contributed by atoms with Crippen LogP contribution in [0.25, 0.3) is 0 Å². The maximum atomic E-state index is 6.25. The van der Waals surface area contributed by atoms with Crippen LogP contribution in [0.15, 0.2) is 48.8 Å². The second-order valence-corrected chi connectivity index (χ2v) is 6.35. The number of hydrogen-bond acceptors (Lipinski definition) is 7. The number of aromatic nitrogens is 2. The van der Waals surface area contributed by atoms with Crippen LogP contribution in [-0.4, -0.2) is 30.7 Å². The van der Waals surface area contributed by atoms with E-state index >= 15 is 0 Å². The van der Waals surface area contributed by atoms with Gasteiger partial charge in [-0.2, -0.15) is 0 Å². The molecule has 0 unspecified atom stereocenters. The Bertz CT molecular complexity index is 946. The van der Waals surface area contributed by atoms with Crippen LogP contribution in [0.5, 0.6) is 11.5 Å². The number of methoxy groups -OCH3 is 2. The molecular formula is C21H25N5O2. The van der Waals surface area contributed by atoms with Gasteiger partial charge in [-0.05, 0) is 48.7 Å². The molecule has 3 rings (SSSR count). The van der Waals surface area contributed by atoms with Crippen molar-refractivity contribution in [2.24, 2.45) is 0 Å². The molecule has 3 aromatic rings. The Morgan fingerprint density at radius 3 is 2.50 bits per heavy atom. The predicted molar refractivity (Wildman–Crippen MR) is 113 cm³/mol. The van der Waals surface area contributed by atoms with Crippen LogP contribution in [0, 0.1) is 6.92 Å². The summed E-state index contributed by atoms with van der Waals surface area (Å²) in [6.07, 6.45) is 2.28. The molecule has 0 atom stereocenters. The molecule has 0 saturated heterocycles. The van der Waals surface area contributed by atoms with E-state index in [1.54, 1.807) is 14.2 Å². The van der Waals surface area contributed by atoms with E-state index in [4.69, 9.17) is 15.2 Å². The van der Waals surface area contributed by atoms with Crippen LogP contribution in [0.1, 0.15) is 11.1 Å². The first-order valence-corrected chi connectivity index (χ1v) is 8.99. The molecule has 28 heavy (non-hydrogen) atoms. The molecule has 7 nitrogen and oxygen atoms in total. The van der Waals surface area contributed by atoms with Crippen LogP contribution < -0.4 is 25.8 Å². The van der Waals surface area contributed by atoms with Crippen molar-refractivity contribution in [3.63, 3.8) is 0 Å². The standard InChI is InChI=1S/C21H25N5O2/c1-14-5-4-6-16(11-14)26-21-19(22)20(24-13-25-21)23-10-9-15-7-8-17(27-2)18(12-15)28-3/h4-8,11-13H,9-10,22H2,1-3H3,(H2,23,24,25,26). The summed E-state index contributed by atoms with van der Waals surface area (Å²) in [5.74, 6) is 2.61. The Hall–Kier alpha value is -3.48. The third-order valence-electron chi connectivity index (χ3n) is 4.32. The van der Waals surface area contributed by atoms with Crippen LogP contribution in [0.2, 0.25) is 0 Å². The minimum Gasteiger partial charge on any atom is -0.493 e. The zero-order chi connectivity index (χ0) is 19.9. The van der Waals surface area contributed by atoms with Crippen molar-refractivity contribution in [3.05, 3.63) is 59.9 Å². The van der Waals surface area contributed by atoms with Crippen molar-refractivity contribution < 1.29 is 9.47 Å². The fourth-order valence-corrected chi connectivity index (χ4v) is 2.86. The monoisotopic (exact) mass is 379 g/mol. The van der Waals surface area contributed by atoms with Crippen molar-refractivity contribution >= 4 is 23.0 Å². The molecule has 1 aromatic heterocycles. The lowest BCUT2D eigenvalue weighted by Gasteiger charge is -2.13. The molecular weight excluding hydrogens is 354 g/mol. The molecule has 0 aliphatic heterocycles. The summed E-state index contributed by atoms with van der Waals surface area (Å²) in [6.45, 7) is 2.70. The summed E-state index contributed by atoms with van der Waals surface area (Å²) in [6, 6.07) is 13.9. The Morgan fingerprint density at radius 2 is 1.75 bits per heavy atom. The highest BCUT2D eigenvalue weighted by atomic mass is 16.5. The van der Waals surface area contributed by atoms with E-state index in [1.807, 2.05) is 49.4 Å².